The number of aryl methyl sites for hydroxylation is 1. The molecule has 51 heavy (non-hydrogen) atoms. The number of fused-ring (bicyclic) bond motifs is 4. The maximum Gasteiger partial charge on any atom is 0.335 e. The number of carbonyl (C=O) groups is 2. The quantitative estimate of drug-likeness (QED) is 0.256. The van der Waals surface area contributed by atoms with Crippen molar-refractivity contribution >= 4 is 47.7 Å². The fourth-order valence-electron chi connectivity index (χ4n) is 7.97. The molecule has 2 heterocycles. The molecule has 2 aromatic carbocycles. The molecule has 1 spiro atoms. The third-order valence-corrected chi connectivity index (χ3v) is 17.9. The first-order valence-electron chi connectivity index (χ1n) is 18.1. The van der Waals surface area contributed by atoms with Crippen molar-refractivity contribution in [3.63, 3.8) is 0 Å². The van der Waals surface area contributed by atoms with Gasteiger partial charge in [0.25, 0.3) is 5.91 Å². The number of hydroxylamine groups is 1. The van der Waals surface area contributed by atoms with Gasteiger partial charge in [-0.05, 0) is 121 Å². The molecule has 6 rings (SSSR count). The third-order valence-electron chi connectivity index (χ3n) is 11.9. The van der Waals surface area contributed by atoms with Crippen LogP contribution in [0, 0.1) is 11.8 Å². The Kier molecular flexibility index (Phi) is 10.5. The molecule has 2 aromatic rings. The van der Waals surface area contributed by atoms with Crippen molar-refractivity contribution in [2.45, 2.75) is 109 Å². The van der Waals surface area contributed by atoms with Gasteiger partial charge in [0.15, 0.2) is 8.32 Å². The first kappa shape index (κ1) is 37.8. The molecule has 10 nitrogen and oxygen atoms in total. The van der Waals surface area contributed by atoms with E-state index in [9.17, 15) is 18.0 Å². The average molecular weight is 758 g/mol. The van der Waals surface area contributed by atoms with Gasteiger partial charge in [-0.2, -0.15) is 8.42 Å². The molecular weight excluding hydrogens is 706 g/mol. The number of nitrogens with one attached hydrogen (secondary N) is 1. The summed E-state index contributed by atoms with van der Waals surface area (Å²) in [5.41, 5.74) is 3.06. The van der Waals surface area contributed by atoms with Crippen LogP contribution < -0.4 is 14.4 Å². The number of benzene rings is 2. The number of anilines is 1. The SMILES string of the molecule is CC(=O)ON1CC/C=C/[C@H](O[Si](C)(C)C(C)(C)C)[C@@H]2CC[C@H]2C(C)N2C[C@@]3(CCCc4cc(Cl)ccc43)COc3ccc(cc32)C(=O)NS1(=O)=O. The maximum absolute atomic E-state index is 13.6. The Labute approximate surface area is 309 Å². The zero-order valence-electron chi connectivity index (χ0n) is 30.8. The summed E-state index contributed by atoms with van der Waals surface area (Å²) in [6.45, 7) is 15.6. The lowest BCUT2D eigenvalue weighted by atomic mass is 9.66. The fraction of sp³-hybridized carbons (Fsp3) is 0.579. The van der Waals surface area contributed by atoms with Crippen LogP contribution in [0.5, 0.6) is 5.75 Å². The summed E-state index contributed by atoms with van der Waals surface area (Å²) in [6.07, 6.45) is 8.97. The second-order valence-corrected chi connectivity index (χ2v) is 23.0. The summed E-state index contributed by atoms with van der Waals surface area (Å²) in [5, 5.41) is 0.707. The molecule has 0 saturated heterocycles. The number of amides is 1. The number of hydrogen-bond donors (Lipinski definition) is 1. The summed E-state index contributed by atoms with van der Waals surface area (Å²) >= 11 is 6.48. The van der Waals surface area contributed by atoms with E-state index in [1.54, 1.807) is 18.2 Å². The highest BCUT2D eigenvalue weighted by Gasteiger charge is 2.49. The first-order valence-corrected chi connectivity index (χ1v) is 22.8. The van der Waals surface area contributed by atoms with Crippen molar-refractivity contribution < 1.29 is 32.0 Å². The molecule has 2 bridgehead atoms. The molecule has 5 atom stereocenters. The van der Waals surface area contributed by atoms with Crippen molar-refractivity contribution in [1.82, 2.24) is 9.19 Å². The van der Waals surface area contributed by atoms with E-state index in [0.29, 0.717) is 23.4 Å². The summed E-state index contributed by atoms with van der Waals surface area (Å²) in [4.78, 5) is 33.1. The Balaban J connectivity index is 1.47. The van der Waals surface area contributed by atoms with Crippen molar-refractivity contribution in [2.24, 2.45) is 11.8 Å². The normalized spacial score (nSPS) is 29.0. The molecule has 1 amide bonds. The number of nitrogens with zero attached hydrogens (tertiary/aromatic N) is 2. The largest absolute Gasteiger partial charge is 0.490 e. The van der Waals surface area contributed by atoms with E-state index in [-0.39, 0.29) is 53.0 Å². The van der Waals surface area contributed by atoms with Gasteiger partial charge in [0.2, 0.25) is 0 Å². The molecule has 278 valence electrons. The summed E-state index contributed by atoms with van der Waals surface area (Å²) < 4.78 is 43.4. The highest BCUT2D eigenvalue weighted by atomic mass is 35.5. The Hall–Kier alpha value is -2.90. The van der Waals surface area contributed by atoms with Gasteiger partial charge in [-0.3, -0.25) is 9.59 Å². The van der Waals surface area contributed by atoms with E-state index >= 15 is 0 Å². The van der Waals surface area contributed by atoms with Crippen molar-refractivity contribution in [3.8, 4) is 5.75 Å². The van der Waals surface area contributed by atoms with Crippen LogP contribution in [0.3, 0.4) is 0 Å². The lowest BCUT2D eigenvalue weighted by Crippen LogP contribution is -2.55. The van der Waals surface area contributed by atoms with Gasteiger partial charge >= 0.3 is 16.2 Å². The minimum atomic E-state index is -4.55. The Morgan fingerprint density at radius 3 is 2.55 bits per heavy atom. The third kappa shape index (κ3) is 7.62. The number of ether oxygens (including phenoxy) is 1. The van der Waals surface area contributed by atoms with Gasteiger partial charge < -0.3 is 18.9 Å². The Bertz CT molecular complexity index is 1810. The predicted molar refractivity (Wildman–Crippen MR) is 202 cm³/mol. The van der Waals surface area contributed by atoms with Gasteiger partial charge in [-0.15, -0.1) is 0 Å². The monoisotopic (exact) mass is 757 g/mol. The zero-order valence-corrected chi connectivity index (χ0v) is 33.4. The molecule has 1 saturated carbocycles. The molecule has 1 N–H and O–H groups in total. The minimum absolute atomic E-state index is 0.0134. The topological polar surface area (TPSA) is 114 Å². The molecule has 13 heteroatoms. The van der Waals surface area contributed by atoms with Gasteiger partial charge in [0.05, 0.1) is 24.9 Å². The summed E-state index contributed by atoms with van der Waals surface area (Å²) in [6, 6.07) is 11.3. The molecule has 0 aromatic heterocycles. The van der Waals surface area contributed by atoms with Crippen LogP contribution in [0.4, 0.5) is 5.69 Å². The van der Waals surface area contributed by atoms with Gasteiger partial charge in [0, 0.05) is 35.5 Å². The number of hydrogen-bond acceptors (Lipinski definition) is 8. The highest BCUT2D eigenvalue weighted by molar-refractivity contribution is 7.87. The standard InChI is InChI=1S/C38H52ClN3O7SSi/c1-25-30-15-16-31(30)34(49-51(6,7)37(3,4)5)12-8-9-20-42(48-26(2)43)50(45,46)40-36(44)28-13-18-35-33(22-28)41(25)23-38(24-47-35)19-10-11-27-21-29(39)14-17-32(27)38/h8,12-14,17-18,21-22,25,30-31,34H,9-11,15-16,19-20,23-24H2,1-7H3,(H,40,44)/b12-8+/t25?,30-,31+,34-,38-/m0/s1. The van der Waals surface area contributed by atoms with Crippen molar-refractivity contribution in [1.29, 1.82) is 0 Å². The van der Waals surface area contributed by atoms with Crippen LogP contribution >= 0.6 is 11.6 Å². The van der Waals surface area contributed by atoms with Crippen LogP contribution in [0.2, 0.25) is 23.2 Å². The predicted octanol–water partition coefficient (Wildman–Crippen LogP) is 7.33. The number of carbonyl (C=O) groups excluding carboxylic acids is 2. The van der Waals surface area contributed by atoms with Gasteiger partial charge in [-0.25, -0.2) is 4.72 Å². The maximum atomic E-state index is 13.6. The molecule has 0 radical (unpaired) electrons. The Morgan fingerprint density at radius 1 is 1.12 bits per heavy atom. The molecule has 1 unspecified atom stereocenters. The van der Waals surface area contributed by atoms with E-state index in [1.165, 1.54) is 11.1 Å². The van der Waals surface area contributed by atoms with Crippen LogP contribution in [0.25, 0.3) is 0 Å². The molecule has 4 aliphatic rings. The summed E-state index contributed by atoms with van der Waals surface area (Å²) in [5.74, 6) is -0.490. The second-order valence-electron chi connectivity index (χ2n) is 16.3. The van der Waals surface area contributed by atoms with Crippen molar-refractivity contribution in [3.05, 3.63) is 70.3 Å². The van der Waals surface area contributed by atoms with Crippen LogP contribution in [0.15, 0.2) is 48.6 Å². The smallest absolute Gasteiger partial charge is 0.335 e. The second kappa shape index (κ2) is 14.2. The van der Waals surface area contributed by atoms with E-state index < -0.39 is 30.4 Å². The van der Waals surface area contributed by atoms with Crippen LogP contribution in [-0.2, 0) is 36.1 Å². The molecule has 1 fully saturated rings. The molecule has 2 aliphatic carbocycles. The van der Waals surface area contributed by atoms with Crippen LogP contribution in [0.1, 0.15) is 88.2 Å². The number of halogens is 1. The van der Waals surface area contributed by atoms with E-state index in [4.69, 9.17) is 25.6 Å². The molecule has 2 aliphatic heterocycles. The first-order chi connectivity index (χ1) is 23.9. The van der Waals surface area contributed by atoms with Gasteiger partial charge in [-0.1, -0.05) is 50.6 Å². The highest BCUT2D eigenvalue weighted by Crippen LogP contribution is 2.50. The number of rotatable bonds is 3. The van der Waals surface area contributed by atoms with E-state index in [0.717, 1.165) is 49.7 Å². The van der Waals surface area contributed by atoms with E-state index in [1.807, 2.05) is 12.1 Å². The Morgan fingerprint density at radius 2 is 1.86 bits per heavy atom. The zero-order chi connectivity index (χ0) is 36.9. The lowest BCUT2D eigenvalue weighted by Gasteiger charge is -2.51. The lowest BCUT2D eigenvalue weighted by molar-refractivity contribution is -0.166. The van der Waals surface area contributed by atoms with Crippen LogP contribution in [-0.4, -0.2) is 64.9 Å². The fourth-order valence-corrected chi connectivity index (χ4v) is 10.5. The van der Waals surface area contributed by atoms with Crippen molar-refractivity contribution in [2.75, 3.05) is 24.6 Å². The minimum Gasteiger partial charge on any atom is -0.490 e. The summed E-state index contributed by atoms with van der Waals surface area (Å²) in [7, 11) is -6.77. The van der Waals surface area contributed by atoms with E-state index in [2.05, 4.69) is 68.6 Å². The average Bonchev–Trinajstić information content (AvgIpc) is 3.17. The van der Waals surface area contributed by atoms with Gasteiger partial charge in [0.1, 0.15) is 5.75 Å². The molecular formula is C38H52ClN3O7SSi.